The Morgan fingerprint density at radius 3 is 2.24 bits per heavy atom. The highest BCUT2D eigenvalue weighted by molar-refractivity contribution is 6.07. The highest BCUT2D eigenvalue weighted by Crippen LogP contribution is 2.02. The van der Waals surface area contributed by atoms with Gasteiger partial charge < -0.3 is 14.8 Å². The van der Waals surface area contributed by atoms with Gasteiger partial charge in [-0.1, -0.05) is 30.3 Å². The maximum absolute atomic E-state index is 11.9. The molecule has 0 aliphatic heterocycles. The first-order valence-electron chi connectivity index (χ1n) is 7.88. The number of benzene rings is 1. The van der Waals surface area contributed by atoms with E-state index in [0.29, 0.717) is 5.56 Å². The highest BCUT2D eigenvalue weighted by atomic mass is 16.5. The van der Waals surface area contributed by atoms with E-state index >= 15 is 0 Å². The van der Waals surface area contributed by atoms with Crippen molar-refractivity contribution in [2.75, 3.05) is 13.2 Å². The van der Waals surface area contributed by atoms with Crippen LogP contribution in [0.5, 0.6) is 0 Å². The Hall–Kier alpha value is -2.96. The molecule has 1 N–H and O–H groups in total. The minimum Gasteiger partial charge on any atom is -0.466 e. The molecule has 1 aromatic carbocycles. The number of amides is 1. The van der Waals surface area contributed by atoms with Crippen LogP contribution in [0.3, 0.4) is 0 Å². The van der Waals surface area contributed by atoms with Gasteiger partial charge in [-0.15, -0.1) is 0 Å². The summed E-state index contributed by atoms with van der Waals surface area (Å²) in [6.07, 6.45) is 1.75. The van der Waals surface area contributed by atoms with Gasteiger partial charge in [0.15, 0.2) is 5.78 Å². The number of nitrogens with one attached hydrogen (secondary N) is 1. The number of rotatable bonds is 9. The fraction of sp³-hybridized carbons (Fsp3) is 0.333. The number of carbonyl (C=O) groups excluding carboxylic acids is 4. The highest BCUT2D eigenvalue weighted by Gasteiger charge is 2.25. The van der Waals surface area contributed by atoms with Gasteiger partial charge in [-0.05, 0) is 19.9 Å². The van der Waals surface area contributed by atoms with E-state index in [4.69, 9.17) is 9.47 Å². The quantitative estimate of drug-likeness (QED) is 0.412. The van der Waals surface area contributed by atoms with E-state index in [-0.39, 0.29) is 25.4 Å². The van der Waals surface area contributed by atoms with Crippen molar-refractivity contribution in [2.45, 2.75) is 26.3 Å². The summed E-state index contributed by atoms with van der Waals surface area (Å²) in [5, 5.41) is 2.34. The van der Waals surface area contributed by atoms with Crippen LogP contribution in [0.2, 0.25) is 0 Å². The minimum absolute atomic E-state index is 0.108. The summed E-state index contributed by atoms with van der Waals surface area (Å²) in [6.45, 7) is 3.51. The average Bonchev–Trinajstić information content (AvgIpc) is 2.60. The maximum Gasteiger partial charge on any atom is 0.329 e. The lowest BCUT2D eigenvalue weighted by molar-refractivity contribution is -0.153. The molecule has 0 unspecified atom stereocenters. The summed E-state index contributed by atoms with van der Waals surface area (Å²) in [5.41, 5.74) is 0.431. The molecule has 0 saturated carbocycles. The lowest BCUT2D eigenvalue weighted by atomic mass is 10.1. The van der Waals surface area contributed by atoms with Crippen LogP contribution in [-0.4, -0.2) is 42.9 Å². The molecule has 0 radical (unpaired) electrons. The molecule has 0 bridgehead atoms. The molecule has 0 fully saturated rings. The first kappa shape index (κ1) is 20.1. The third-order valence-electron chi connectivity index (χ3n) is 3.01. The third kappa shape index (κ3) is 7.43. The summed E-state index contributed by atoms with van der Waals surface area (Å²) >= 11 is 0. The van der Waals surface area contributed by atoms with Gasteiger partial charge in [-0.2, -0.15) is 0 Å². The number of hydrogen-bond donors (Lipinski definition) is 1. The van der Waals surface area contributed by atoms with Gasteiger partial charge in [-0.25, -0.2) is 4.79 Å². The zero-order valence-electron chi connectivity index (χ0n) is 14.2. The van der Waals surface area contributed by atoms with E-state index in [9.17, 15) is 19.2 Å². The first-order chi connectivity index (χ1) is 12.0. The molecule has 25 heavy (non-hydrogen) atoms. The smallest absolute Gasteiger partial charge is 0.329 e. The van der Waals surface area contributed by atoms with E-state index in [1.807, 2.05) is 0 Å². The molecular formula is C18H21NO6. The van der Waals surface area contributed by atoms with Crippen molar-refractivity contribution in [3.63, 3.8) is 0 Å². The largest absolute Gasteiger partial charge is 0.466 e. The zero-order valence-corrected chi connectivity index (χ0v) is 14.2. The van der Waals surface area contributed by atoms with Crippen LogP contribution in [0.4, 0.5) is 0 Å². The molecule has 134 valence electrons. The van der Waals surface area contributed by atoms with Gasteiger partial charge in [0.2, 0.25) is 5.91 Å². The van der Waals surface area contributed by atoms with Crippen molar-refractivity contribution in [1.82, 2.24) is 5.32 Å². The van der Waals surface area contributed by atoms with E-state index in [1.54, 1.807) is 44.2 Å². The van der Waals surface area contributed by atoms with Crippen molar-refractivity contribution >= 4 is 23.6 Å². The van der Waals surface area contributed by atoms with Gasteiger partial charge in [0.25, 0.3) is 0 Å². The summed E-state index contributed by atoms with van der Waals surface area (Å²) in [7, 11) is 0. The molecule has 1 rings (SSSR count). The van der Waals surface area contributed by atoms with Gasteiger partial charge >= 0.3 is 11.9 Å². The zero-order chi connectivity index (χ0) is 18.7. The van der Waals surface area contributed by atoms with Crippen LogP contribution in [0, 0.1) is 0 Å². The molecule has 0 saturated heterocycles. The minimum atomic E-state index is -1.18. The topological polar surface area (TPSA) is 98.8 Å². The van der Waals surface area contributed by atoms with Crippen molar-refractivity contribution < 1.29 is 28.7 Å². The van der Waals surface area contributed by atoms with Crippen LogP contribution in [0.25, 0.3) is 0 Å². The van der Waals surface area contributed by atoms with Crippen molar-refractivity contribution in [3.8, 4) is 0 Å². The third-order valence-corrected chi connectivity index (χ3v) is 3.01. The van der Waals surface area contributed by atoms with Crippen molar-refractivity contribution in [2.24, 2.45) is 0 Å². The standard InChI is InChI=1S/C18H21NO6/c1-3-24-17(22)12-14(18(23)25-4-2)19-16(21)11-10-15(20)13-8-6-5-7-9-13/h5-11,14H,3-4,12H2,1-2H3,(H,19,21)/t14-/m1/s1. The van der Waals surface area contributed by atoms with E-state index in [2.05, 4.69) is 5.32 Å². The molecule has 7 heteroatoms. The van der Waals surface area contributed by atoms with Gasteiger partial charge in [0.05, 0.1) is 19.6 Å². The normalized spacial score (nSPS) is 11.6. The average molecular weight is 347 g/mol. The molecule has 0 aliphatic rings. The van der Waals surface area contributed by atoms with Crippen LogP contribution in [0.15, 0.2) is 42.5 Å². The molecule has 1 amide bonds. The number of hydrogen-bond acceptors (Lipinski definition) is 6. The molecule has 0 aromatic heterocycles. The lowest BCUT2D eigenvalue weighted by Gasteiger charge is -2.15. The summed E-state index contributed by atoms with van der Waals surface area (Å²) in [4.78, 5) is 47.2. The van der Waals surface area contributed by atoms with Crippen LogP contribution in [-0.2, 0) is 23.9 Å². The Bertz CT molecular complexity index is 638. The molecule has 0 aliphatic carbocycles. The van der Waals surface area contributed by atoms with Gasteiger partial charge in [0.1, 0.15) is 6.04 Å². The number of esters is 2. The SMILES string of the molecule is CCOC(=O)C[C@@H](NC(=O)C=CC(=O)c1ccccc1)C(=O)OCC. The lowest BCUT2D eigenvalue weighted by Crippen LogP contribution is -2.43. The second kappa shape index (κ2) is 10.7. The number of carbonyl (C=O) groups is 4. The van der Waals surface area contributed by atoms with Crippen LogP contribution in [0.1, 0.15) is 30.6 Å². The molecule has 1 aromatic rings. The van der Waals surface area contributed by atoms with Gasteiger partial charge in [-0.3, -0.25) is 14.4 Å². The Kier molecular flexibility index (Phi) is 8.63. The summed E-state index contributed by atoms with van der Waals surface area (Å²) < 4.78 is 9.59. The Morgan fingerprint density at radius 2 is 1.64 bits per heavy atom. The van der Waals surface area contributed by atoms with E-state index < -0.39 is 23.9 Å². The van der Waals surface area contributed by atoms with Gasteiger partial charge in [0, 0.05) is 11.6 Å². The number of ether oxygens (including phenoxy) is 2. The van der Waals surface area contributed by atoms with E-state index in [1.165, 1.54) is 0 Å². The summed E-state index contributed by atoms with van der Waals surface area (Å²) in [6, 6.07) is 7.24. The first-order valence-corrected chi connectivity index (χ1v) is 7.88. The molecule has 0 spiro atoms. The summed E-state index contributed by atoms with van der Waals surface area (Å²) in [5.74, 6) is -2.42. The Balaban J connectivity index is 2.70. The van der Waals surface area contributed by atoms with Crippen molar-refractivity contribution in [3.05, 3.63) is 48.0 Å². The Labute approximate surface area is 146 Å². The second-order valence-electron chi connectivity index (χ2n) is 4.89. The maximum atomic E-state index is 11.9. The van der Waals surface area contributed by atoms with Crippen LogP contribution >= 0.6 is 0 Å². The number of allylic oxidation sites excluding steroid dienone is 1. The fourth-order valence-corrected chi connectivity index (χ4v) is 1.89. The fourth-order valence-electron chi connectivity index (χ4n) is 1.89. The molecule has 1 atom stereocenters. The number of ketones is 1. The second-order valence-corrected chi connectivity index (χ2v) is 4.89. The molecule has 0 heterocycles. The molecular weight excluding hydrogens is 326 g/mol. The van der Waals surface area contributed by atoms with E-state index in [0.717, 1.165) is 12.2 Å². The predicted molar refractivity (Wildman–Crippen MR) is 89.7 cm³/mol. The predicted octanol–water partition coefficient (Wildman–Crippen LogP) is 1.43. The van der Waals surface area contributed by atoms with Crippen LogP contribution < -0.4 is 5.32 Å². The molecule has 7 nitrogen and oxygen atoms in total. The van der Waals surface area contributed by atoms with Crippen molar-refractivity contribution in [1.29, 1.82) is 0 Å². The Morgan fingerprint density at radius 1 is 1.00 bits per heavy atom. The monoisotopic (exact) mass is 347 g/mol.